The van der Waals surface area contributed by atoms with Crippen LogP contribution in [0.1, 0.15) is 30.1 Å². The van der Waals surface area contributed by atoms with E-state index in [-0.39, 0.29) is 18.9 Å². The number of nitrogens with zero attached hydrogens (tertiary/aromatic N) is 2. The molecule has 2 N–H and O–H groups in total. The molecule has 5 rings (SSSR count). The predicted molar refractivity (Wildman–Crippen MR) is 108 cm³/mol. The number of hydrogen-bond donors (Lipinski definition) is 2. The molecule has 1 atom stereocenters. The molecule has 1 saturated heterocycles. The normalized spacial score (nSPS) is 20.3. The summed E-state index contributed by atoms with van der Waals surface area (Å²) >= 11 is 0. The summed E-state index contributed by atoms with van der Waals surface area (Å²) in [4.78, 5) is 16.7. The molecule has 2 aromatic carbocycles. The van der Waals surface area contributed by atoms with Crippen molar-refractivity contribution in [2.75, 3.05) is 31.3 Å². The topological polar surface area (TPSA) is 74.3 Å². The first kappa shape index (κ1) is 18.3. The highest BCUT2D eigenvalue weighted by Crippen LogP contribution is 2.35. The molecule has 1 fully saturated rings. The maximum Gasteiger partial charge on any atom is 0.322 e. The number of benzene rings is 2. The van der Waals surface area contributed by atoms with E-state index in [0.717, 1.165) is 48.5 Å². The molecule has 0 aromatic heterocycles. The number of β-amino-alcohol motifs (C(OH)–C–C–N with tert-alkyl or cyclic N) is 1. The number of anilines is 1. The third-order valence-electron chi connectivity index (χ3n) is 6.03. The van der Waals surface area contributed by atoms with Gasteiger partial charge in [0.05, 0.1) is 11.8 Å². The number of nitrogens with one attached hydrogen (secondary N) is 1. The first-order chi connectivity index (χ1) is 14.2. The van der Waals surface area contributed by atoms with Crippen molar-refractivity contribution in [3.05, 3.63) is 53.6 Å². The van der Waals surface area contributed by atoms with E-state index in [1.54, 1.807) is 0 Å². The summed E-state index contributed by atoms with van der Waals surface area (Å²) in [6.45, 7) is 3.08. The van der Waals surface area contributed by atoms with Crippen LogP contribution in [0.15, 0.2) is 42.5 Å². The Hall–Kier alpha value is -2.77. The van der Waals surface area contributed by atoms with Gasteiger partial charge in [0.15, 0.2) is 11.5 Å². The number of aliphatic hydroxyl groups is 1. The molecule has 1 unspecified atom stereocenters. The average Bonchev–Trinajstić information content (AvgIpc) is 3.22. The smallest absolute Gasteiger partial charge is 0.322 e. The van der Waals surface area contributed by atoms with Crippen molar-refractivity contribution in [1.29, 1.82) is 0 Å². The Kier molecular flexibility index (Phi) is 4.77. The second-order valence-electron chi connectivity index (χ2n) is 7.82. The molecular weight excluding hydrogens is 370 g/mol. The Morgan fingerprint density at radius 3 is 2.76 bits per heavy atom. The number of rotatable bonds is 4. The van der Waals surface area contributed by atoms with Crippen LogP contribution in [0.2, 0.25) is 0 Å². The Labute approximate surface area is 169 Å². The van der Waals surface area contributed by atoms with Crippen molar-refractivity contribution in [3.63, 3.8) is 0 Å². The van der Waals surface area contributed by atoms with E-state index in [4.69, 9.17) is 9.47 Å². The molecule has 0 spiro atoms. The fourth-order valence-electron chi connectivity index (χ4n) is 4.45. The second-order valence-corrected chi connectivity index (χ2v) is 7.82. The first-order valence-corrected chi connectivity index (χ1v) is 10.1. The third kappa shape index (κ3) is 3.52. The second kappa shape index (κ2) is 7.57. The third-order valence-corrected chi connectivity index (χ3v) is 6.03. The Morgan fingerprint density at radius 1 is 1.10 bits per heavy atom. The molecule has 2 amide bonds. The van der Waals surface area contributed by atoms with Gasteiger partial charge in [0.25, 0.3) is 0 Å². The van der Waals surface area contributed by atoms with Gasteiger partial charge in [-0.15, -0.1) is 0 Å². The lowest BCUT2D eigenvalue weighted by molar-refractivity contribution is 0.0969. The number of aliphatic hydroxyl groups excluding tert-OH is 1. The number of ether oxygens (including phenoxy) is 2. The van der Waals surface area contributed by atoms with Crippen molar-refractivity contribution in [2.24, 2.45) is 0 Å². The van der Waals surface area contributed by atoms with Crippen LogP contribution >= 0.6 is 0 Å². The summed E-state index contributed by atoms with van der Waals surface area (Å²) < 4.78 is 10.7. The molecule has 0 aliphatic carbocycles. The zero-order valence-corrected chi connectivity index (χ0v) is 16.2. The Morgan fingerprint density at radius 2 is 1.90 bits per heavy atom. The van der Waals surface area contributed by atoms with E-state index in [9.17, 15) is 9.90 Å². The lowest BCUT2D eigenvalue weighted by Gasteiger charge is -2.41. The lowest BCUT2D eigenvalue weighted by atomic mass is 9.99. The number of hydrogen-bond acceptors (Lipinski definition) is 5. The monoisotopic (exact) mass is 395 g/mol. The summed E-state index contributed by atoms with van der Waals surface area (Å²) in [7, 11) is 0. The molecule has 3 aliphatic heterocycles. The lowest BCUT2D eigenvalue weighted by Crippen LogP contribution is -2.53. The quantitative estimate of drug-likeness (QED) is 0.833. The Balaban J connectivity index is 1.21. The SMILES string of the molecule is O=C1NCc2ccccc2N1C1CCN(CC(O)c2ccc3c(c2)OCO3)CC1. The highest BCUT2D eigenvalue weighted by Gasteiger charge is 2.33. The summed E-state index contributed by atoms with van der Waals surface area (Å²) in [6, 6.07) is 13.9. The van der Waals surface area contributed by atoms with Gasteiger partial charge in [-0.1, -0.05) is 24.3 Å². The van der Waals surface area contributed by atoms with Gasteiger partial charge in [0.2, 0.25) is 6.79 Å². The van der Waals surface area contributed by atoms with Crippen molar-refractivity contribution in [1.82, 2.24) is 10.2 Å². The molecular formula is C22H25N3O4. The first-order valence-electron chi connectivity index (χ1n) is 10.1. The average molecular weight is 395 g/mol. The maximum absolute atomic E-state index is 12.5. The maximum atomic E-state index is 12.5. The van der Waals surface area contributed by atoms with Gasteiger partial charge in [-0.25, -0.2) is 4.79 Å². The van der Waals surface area contributed by atoms with Crippen molar-refractivity contribution in [3.8, 4) is 11.5 Å². The molecule has 7 nitrogen and oxygen atoms in total. The van der Waals surface area contributed by atoms with E-state index < -0.39 is 6.10 Å². The van der Waals surface area contributed by atoms with Gasteiger partial charge in [0.1, 0.15) is 0 Å². The zero-order valence-electron chi connectivity index (χ0n) is 16.2. The number of amides is 2. The zero-order chi connectivity index (χ0) is 19.8. The van der Waals surface area contributed by atoms with E-state index in [0.29, 0.717) is 18.8 Å². The molecule has 3 aliphatic rings. The minimum atomic E-state index is -0.583. The predicted octanol–water partition coefficient (Wildman–Crippen LogP) is 2.64. The number of carbonyl (C=O) groups is 1. The molecule has 3 heterocycles. The summed E-state index contributed by atoms with van der Waals surface area (Å²) in [6.07, 6.45) is 1.19. The van der Waals surface area contributed by atoms with Gasteiger partial charge < -0.3 is 24.8 Å². The van der Waals surface area contributed by atoms with Crippen LogP contribution in [0.5, 0.6) is 11.5 Å². The number of piperidine rings is 1. The van der Waals surface area contributed by atoms with Gasteiger partial charge in [-0.05, 0) is 42.2 Å². The van der Waals surface area contributed by atoms with Crippen LogP contribution in [0, 0.1) is 0 Å². The van der Waals surface area contributed by atoms with Crippen LogP contribution in [0.25, 0.3) is 0 Å². The number of likely N-dealkylation sites (tertiary alicyclic amines) is 1. The van der Waals surface area contributed by atoms with Crippen molar-refractivity contribution < 1.29 is 19.4 Å². The summed E-state index contributed by atoms with van der Waals surface area (Å²) in [5, 5.41) is 13.7. The van der Waals surface area contributed by atoms with Gasteiger partial charge >= 0.3 is 6.03 Å². The van der Waals surface area contributed by atoms with E-state index >= 15 is 0 Å². The molecule has 29 heavy (non-hydrogen) atoms. The molecule has 152 valence electrons. The minimum Gasteiger partial charge on any atom is -0.454 e. The van der Waals surface area contributed by atoms with Crippen LogP contribution in [0.3, 0.4) is 0 Å². The number of para-hydroxylation sites is 1. The summed E-state index contributed by atoms with van der Waals surface area (Å²) in [5.74, 6) is 1.41. The fraction of sp³-hybridized carbons (Fsp3) is 0.409. The molecule has 0 saturated carbocycles. The molecule has 2 aromatic rings. The number of urea groups is 1. The van der Waals surface area contributed by atoms with Gasteiger partial charge in [-0.2, -0.15) is 0 Å². The summed E-state index contributed by atoms with van der Waals surface area (Å²) in [5.41, 5.74) is 3.02. The highest BCUT2D eigenvalue weighted by atomic mass is 16.7. The largest absolute Gasteiger partial charge is 0.454 e. The number of fused-ring (bicyclic) bond motifs is 2. The van der Waals surface area contributed by atoms with Crippen LogP contribution < -0.4 is 19.7 Å². The number of carbonyl (C=O) groups excluding carboxylic acids is 1. The molecule has 7 heteroatoms. The fourth-order valence-corrected chi connectivity index (χ4v) is 4.45. The van der Waals surface area contributed by atoms with E-state index in [2.05, 4.69) is 16.3 Å². The highest BCUT2D eigenvalue weighted by molar-refractivity contribution is 5.95. The van der Waals surface area contributed by atoms with Crippen LogP contribution in [-0.4, -0.2) is 48.5 Å². The van der Waals surface area contributed by atoms with Crippen molar-refractivity contribution >= 4 is 11.7 Å². The Bertz CT molecular complexity index is 911. The minimum absolute atomic E-state index is 0.0115. The van der Waals surface area contributed by atoms with Crippen LogP contribution in [-0.2, 0) is 6.54 Å². The van der Waals surface area contributed by atoms with E-state index in [1.165, 1.54) is 0 Å². The standard InChI is InChI=1S/C22H25N3O4/c26-19(15-5-6-20-21(11-15)29-14-28-20)13-24-9-7-17(8-10-24)25-18-4-2-1-3-16(18)12-23-22(25)27/h1-6,11,17,19,26H,7-10,12-14H2,(H,23,27). The van der Waals surface area contributed by atoms with Gasteiger partial charge in [0, 0.05) is 32.2 Å². The van der Waals surface area contributed by atoms with Gasteiger partial charge in [-0.3, -0.25) is 4.90 Å². The van der Waals surface area contributed by atoms with E-state index in [1.807, 2.05) is 41.3 Å². The van der Waals surface area contributed by atoms with Crippen molar-refractivity contribution in [2.45, 2.75) is 31.5 Å². The molecule has 0 radical (unpaired) electrons. The molecule has 0 bridgehead atoms. The van der Waals surface area contributed by atoms with Crippen LogP contribution in [0.4, 0.5) is 10.5 Å².